The predicted octanol–water partition coefficient (Wildman–Crippen LogP) is -0.609. The Morgan fingerprint density at radius 3 is 2.76 bits per heavy atom. The van der Waals surface area contributed by atoms with Crippen LogP contribution < -0.4 is 16.4 Å². The minimum absolute atomic E-state index is 0.369. The molecule has 1 aliphatic heterocycles. The van der Waals surface area contributed by atoms with Gasteiger partial charge in [-0.25, -0.2) is 4.79 Å². The Labute approximate surface area is 121 Å². The highest BCUT2D eigenvalue weighted by atomic mass is 16.4. The number of carbonyl (C=O) groups excluding carboxylic acids is 2. The van der Waals surface area contributed by atoms with Crippen molar-refractivity contribution < 1.29 is 19.5 Å². The van der Waals surface area contributed by atoms with Crippen molar-refractivity contribution in [1.82, 2.24) is 10.6 Å². The second-order valence-electron chi connectivity index (χ2n) is 4.94. The molecule has 7 heteroatoms. The highest BCUT2D eigenvalue weighted by Crippen LogP contribution is 2.16. The average Bonchev–Trinajstić information content (AvgIpc) is 2.45. The molecule has 7 nitrogen and oxygen atoms in total. The zero-order valence-corrected chi connectivity index (χ0v) is 11.4. The van der Waals surface area contributed by atoms with Crippen LogP contribution in [0.4, 0.5) is 0 Å². The lowest BCUT2D eigenvalue weighted by molar-refractivity contribution is -0.140. The largest absolute Gasteiger partial charge is 0.480 e. The summed E-state index contributed by atoms with van der Waals surface area (Å²) in [7, 11) is 0. The SMILES string of the molecule is NC(=O)CC(NC(=O)c1ccc2c(c1)CNCC2)C(=O)O. The molecule has 2 rings (SSSR count). The number of nitrogens with two attached hydrogens (primary N) is 1. The molecule has 21 heavy (non-hydrogen) atoms. The van der Waals surface area contributed by atoms with Gasteiger partial charge in [0.25, 0.3) is 5.91 Å². The average molecular weight is 291 g/mol. The number of rotatable bonds is 5. The second-order valence-corrected chi connectivity index (χ2v) is 4.94. The quantitative estimate of drug-likeness (QED) is 0.576. The molecule has 0 radical (unpaired) electrons. The van der Waals surface area contributed by atoms with E-state index in [1.165, 1.54) is 5.56 Å². The van der Waals surface area contributed by atoms with Gasteiger partial charge in [0.2, 0.25) is 5.91 Å². The van der Waals surface area contributed by atoms with Crippen LogP contribution in [0.25, 0.3) is 0 Å². The molecule has 0 fully saturated rings. The lowest BCUT2D eigenvalue weighted by Gasteiger charge is -2.18. The van der Waals surface area contributed by atoms with E-state index < -0.39 is 30.2 Å². The molecule has 2 amide bonds. The minimum atomic E-state index is -1.32. The summed E-state index contributed by atoms with van der Waals surface area (Å²) in [5, 5.41) is 14.5. The number of carbonyl (C=O) groups is 3. The maximum Gasteiger partial charge on any atom is 0.326 e. The zero-order valence-electron chi connectivity index (χ0n) is 11.4. The molecule has 112 valence electrons. The van der Waals surface area contributed by atoms with Crippen molar-refractivity contribution in [3.8, 4) is 0 Å². The number of hydrogen-bond donors (Lipinski definition) is 4. The monoisotopic (exact) mass is 291 g/mol. The van der Waals surface area contributed by atoms with E-state index in [0.29, 0.717) is 12.1 Å². The third kappa shape index (κ3) is 3.79. The molecular weight excluding hydrogens is 274 g/mol. The van der Waals surface area contributed by atoms with Crippen molar-refractivity contribution in [2.24, 2.45) is 5.73 Å². The molecule has 1 aromatic carbocycles. The molecule has 1 unspecified atom stereocenters. The van der Waals surface area contributed by atoms with Crippen LogP contribution in [0, 0.1) is 0 Å². The number of primary amides is 1. The van der Waals surface area contributed by atoms with Crippen LogP contribution in [0.15, 0.2) is 18.2 Å². The number of benzene rings is 1. The fourth-order valence-electron chi connectivity index (χ4n) is 2.26. The topological polar surface area (TPSA) is 122 Å². The van der Waals surface area contributed by atoms with Crippen molar-refractivity contribution in [2.45, 2.75) is 25.4 Å². The molecule has 0 saturated heterocycles. The summed E-state index contributed by atoms with van der Waals surface area (Å²) in [5.41, 5.74) is 7.55. The first kappa shape index (κ1) is 15.0. The predicted molar refractivity (Wildman–Crippen MR) is 74.6 cm³/mol. The number of carboxylic acids is 1. The lowest BCUT2D eigenvalue weighted by Crippen LogP contribution is -2.43. The zero-order chi connectivity index (χ0) is 15.4. The fraction of sp³-hybridized carbons (Fsp3) is 0.357. The van der Waals surface area contributed by atoms with Gasteiger partial charge in [-0.05, 0) is 36.2 Å². The van der Waals surface area contributed by atoms with Crippen LogP contribution in [0.1, 0.15) is 27.9 Å². The van der Waals surface area contributed by atoms with Crippen LogP contribution in [0.5, 0.6) is 0 Å². The number of hydrogen-bond acceptors (Lipinski definition) is 4. The first-order chi connectivity index (χ1) is 9.97. The second kappa shape index (κ2) is 6.36. The van der Waals surface area contributed by atoms with Gasteiger partial charge in [-0.2, -0.15) is 0 Å². The van der Waals surface area contributed by atoms with E-state index in [4.69, 9.17) is 10.8 Å². The molecule has 1 aliphatic rings. The van der Waals surface area contributed by atoms with Gasteiger partial charge in [-0.15, -0.1) is 0 Å². The normalized spacial score (nSPS) is 14.9. The van der Waals surface area contributed by atoms with Crippen LogP contribution >= 0.6 is 0 Å². The van der Waals surface area contributed by atoms with Gasteiger partial charge in [-0.1, -0.05) is 6.07 Å². The summed E-state index contributed by atoms with van der Waals surface area (Å²) in [6, 6.07) is 3.95. The van der Waals surface area contributed by atoms with Gasteiger partial charge >= 0.3 is 5.97 Å². The molecular formula is C14H17N3O4. The molecule has 0 spiro atoms. The van der Waals surface area contributed by atoms with E-state index in [1.54, 1.807) is 12.1 Å². The first-order valence-electron chi connectivity index (χ1n) is 6.62. The van der Waals surface area contributed by atoms with Crippen molar-refractivity contribution in [3.05, 3.63) is 34.9 Å². The van der Waals surface area contributed by atoms with E-state index in [1.807, 2.05) is 6.07 Å². The van der Waals surface area contributed by atoms with E-state index >= 15 is 0 Å². The maximum atomic E-state index is 12.1. The third-order valence-electron chi connectivity index (χ3n) is 3.36. The number of amides is 2. The minimum Gasteiger partial charge on any atom is -0.480 e. The van der Waals surface area contributed by atoms with E-state index in [2.05, 4.69) is 10.6 Å². The molecule has 0 aromatic heterocycles. The van der Waals surface area contributed by atoms with E-state index in [0.717, 1.165) is 18.5 Å². The number of aliphatic carboxylic acids is 1. The summed E-state index contributed by atoms with van der Waals surface area (Å²) in [6.07, 6.45) is 0.463. The molecule has 1 heterocycles. The van der Waals surface area contributed by atoms with Crippen LogP contribution in [0.2, 0.25) is 0 Å². The van der Waals surface area contributed by atoms with Crippen molar-refractivity contribution in [2.75, 3.05) is 6.54 Å². The Kier molecular flexibility index (Phi) is 4.54. The Bertz CT molecular complexity index is 586. The van der Waals surface area contributed by atoms with E-state index in [9.17, 15) is 14.4 Å². The summed E-state index contributed by atoms with van der Waals surface area (Å²) >= 11 is 0. The molecule has 0 saturated carbocycles. The number of nitrogens with one attached hydrogen (secondary N) is 2. The van der Waals surface area contributed by atoms with Crippen molar-refractivity contribution in [3.63, 3.8) is 0 Å². The van der Waals surface area contributed by atoms with Crippen molar-refractivity contribution >= 4 is 17.8 Å². The molecule has 1 aromatic rings. The summed E-state index contributed by atoms with van der Waals surface area (Å²) in [5.74, 6) is -2.60. The van der Waals surface area contributed by atoms with Crippen LogP contribution in [-0.4, -0.2) is 35.5 Å². The van der Waals surface area contributed by atoms with Crippen molar-refractivity contribution in [1.29, 1.82) is 0 Å². The number of carboxylic acid groups (broad SMARTS) is 1. The van der Waals surface area contributed by atoms with Crippen LogP contribution in [-0.2, 0) is 22.6 Å². The lowest BCUT2D eigenvalue weighted by atomic mass is 9.98. The summed E-state index contributed by atoms with van der Waals surface area (Å²) in [4.78, 5) is 33.9. The van der Waals surface area contributed by atoms with Gasteiger partial charge in [0.15, 0.2) is 0 Å². The fourth-order valence-corrected chi connectivity index (χ4v) is 2.26. The van der Waals surface area contributed by atoms with Gasteiger partial charge in [-0.3, -0.25) is 9.59 Å². The number of fused-ring (bicyclic) bond motifs is 1. The van der Waals surface area contributed by atoms with Gasteiger partial charge in [0.05, 0.1) is 6.42 Å². The van der Waals surface area contributed by atoms with Gasteiger partial charge < -0.3 is 21.5 Å². The molecule has 0 bridgehead atoms. The molecule has 5 N–H and O–H groups in total. The first-order valence-corrected chi connectivity index (χ1v) is 6.62. The molecule has 1 atom stereocenters. The molecule has 0 aliphatic carbocycles. The Morgan fingerprint density at radius 2 is 2.10 bits per heavy atom. The summed E-state index contributed by atoms with van der Waals surface area (Å²) in [6.45, 7) is 1.58. The van der Waals surface area contributed by atoms with Gasteiger partial charge in [0, 0.05) is 12.1 Å². The Hall–Kier alpha value is -2.41. The van der Waals surface area contributed by atoms with E-state index in [-0.39, 0.29) is 0 Å². The standard InChI is InChI=1S/C14H17N3O4/c15-12(18)6-11(14(20)21)17-13(19)9-2-1-8-3-4-16-7-10(8)5-9/h1-2,5,11,16H,3-4,6-7H2,(H2,15,18)(H,17,19)(H,20,21). The smallest absolute Gasteiger partial charge is 0.326 e. The summed E-state index contributed by atoms with van der Waals surface area (Å²) < 4.78 is 0. The van der Waals surface area contributed by atoms with Crippen LogP contribution in [0.3, 0.4) is 0 Å². The highest BCUT2D eigenvalue weighted by molar-refractivity contribution is 5.97. The Balaban J connectivity index is 2.12. The maximum absolute atomic E-state index is 12.1. The Morgan fingerprint density at radius 1 is 1.33 bits per heavy atom. The highest BCUT2D eigenvalue weighted by Gasteiger charge is 2.23. The van der Waals surface area contributed by atoms with Gasteiger partial charge in [0.1, 0.15) is 6.04 Å². The third-order valence-corrected chi connectivity index (χ3v) is 3.36.